The largest absolute Gasteiger partial charge is 0.493 e. The van der Waals surface area contributed by atoms with Crippen molar-refractivity contribution in [3.05, 3.63) is 46.4 Å². The molecule has 1 aliphatic heterocycles. The van der Waals surface area contributed by atoms with Crippen molar-refractivity contribution in [1.29, 1.82) is 0 Å². The molecule has 1 saturated heterocycles. The van der Waals surface area contributed by atoms with Gasteiger partial charge in [-0.25, -0.2) is 4.79 Å². The van der Waals surface area contributed by atoms with Gasteiger partial charge in [0.1, 0.15) is 0 Å². The van der Waals surface area contributed by atoms with Crippen LogP contribution in [0.15, 0.2) is 40.9 Å². The van der Waals surface area contributed by atoms with Crippen LogP contribution < -0.4 is 20.1 Å². The minimum absolute atomic E-state index is 0.156. The van der Waals surface area contributed by atoms with Gasteiger partial charge in [-0.3, -0.25) is 4.79 Å². The lowest BCUT2D eigenvalue weighted by molar-refractivity contribution is 0.102. The van der Waals surface area contributed by atoms with E-state index in [1.54, 1.807) is 35.2 Å². The fourth-order valence-corrected chi connectivity index (χ4v) is 3.76. The highest BCUT2D eigenvalue weighted by Gasteiger charge is 2.20. The summed E-state index contributed by atoms with van der Waals surface area (Å²) in [6, 6.07) is 10.3. The fraction of sp³-hybridized carbons (Fsp3) is 0.364. The number of carbonyl (C=O) groups excluding carboxylic acids is 2. The first kappa shape index (κ1) is 22.0. The Morgan fingerprint density at radius 1 is 1.10 bits per heavy atom. The number of benzene rings is 2. The molecule has 3 rings (SSSR count). The molecule has 1 aliphatic rings. The third kappa shape index (κ3) is 5.24. The predicted octanol–water partition coefficient (Wildman–Crippen LogP) is 5.13. The Labute approximate surface area is 184 Å². The average Bonchev–Trinajstić information content (AvgIpc) is 3.28. The zero-order valence-corrected chi connectivity index (χ0v) is 18.8. The summed E-state index contributed by atoms with van der Waals surface area (Å²) >= 11 is 3.46. The average molecular weight is 476 g/mol. The summed E-state index contributed by atoms with van der Waals surface area (Å²) in [4.78, 5) is 27.1. The number of para-hydroxylation sites is 2. The van der Waals surface area contributed by atoms with Crippen molar-refractivity contribution in [2.45, 2.75) is 26.2 Å². The number of nitrogens with one attached hydrogen (secondary N) is 2. The molecule has 7 nitrogen and oxygen atoms in total. The van der Waals surface area contributed by atoms with E-state index in [0.717, 1.165) is 32.4 Å². The Morgan fingerprint density at radius 3 is 2.40 bits per heavy atom. The SMILES string of the molecule is CCCOc1c(Br)cc(C(=O)Nc2ccccc2NC(=O)N2CCCC2)cc1OC. The molecule has 0 aliphatic carbocycles. The number of halogens is 1. The summed E-state index contributed by atoms with van der Waals surface area (Å²) in [5.41, 5.74) is 1.48. The molecule has 0 saturated carbocycles. The number of likely N-dealkylation sites (tertiary alicyclic amines) is 1. The van der Waals surface area contributed by atoms with Crippen LogP contribution >= 0.6 is 15.9 Å². The first-order valence-electron chi connectivity index (χ1n) is 10.00. The predicted molar refractivity (Wildman–Crippen MR) is 121 cm³/mol. The molecule has 8 heteroatoms. The third-order valence-corrected chi connectivity index (χ3v) is 5.34. The number of nitrogens with zero attached hydrogens (tertiary/aromatic N) is 1. The van der Waals surface area contributed by atoms with Crippen molar-refractivity contribution < 1.29 is 19.1 Å². The van der Waals surface area contributed by atoms with Crippen molar-refractivity contribution in [3.63, 3.8) is 0 Å². The zero-order valence-electron chi connectivity index (χ0n) is 17.2. The molecule has 160 valence electrons. The van der Waals surface area contributed by atoms with Crippen LogP contribution in [-0.4, -0.2) is 43.6 Å². The Bertz CT molecular complexity index is 913. The smallest absolute Gasteiger partial charge is 0.321 e. The summed E-state index contributed by atoms with van der Waals surface area (Å²) in [7, 11) is 1.53. The second-order valence-corrected chi connectivity index (χ2v) is 7.82. The fourth-order valence-electron chi connectivity index (χ4n) is 3.21. The molecule has 0 spiro atoms. The highest BCUT2D eigenvalue weighted by Crippen LogP contribution is 2.37. The van der Waals surface area contributed by atoms with Crippen LogP contribution in [0.1, 0.15) is 36.5 Å². The van der Waals surface area contributed by atoms with Gasteiger partial charge in [-0.15, -0.1) is 0 Å². The van der Waals surface area contributed by atoms with Crippen LogP contribution in [0, 0.1) is 0 Å². The second-order valence-electron chi connectivity index (χ2n) is 6.96. The van der Waals surface area contributed by atoms with Gasteiger partial charge in [-0.05, 0) is 59.5 Å². The topological polar surface area (TPSA) is 79.9 Å². The number of methoxy groups -OCH3 is 1. The van der Waals surface area contributed by atoms with Crippen molar-refractivity contribution in [2.75, 3.05) is 37.4 Å². The second kappa shape index (κ2) is 10.3. The van der Waals surface area contributed by atoms with E-state index >= 15 is 0 Å². The van der Waals surface area contributed by atoms with Gasteiger partial charge in [0.25, 0.3) is 5.91 Å². The molecule has 0 radical (unpaired) electrons. The van der Waals surface area contributed by atoms with Crippen LogP contribution in [0.4, 0.5) is 16.2 Å². The molecule has 2 aromatic rings. The van der Waals surface area contributed by atoms with Crippen molar-refractivity contribution in [2.24, 2.45) is 0 Å². The Kier molecular flexibility index (Phi) is 7.57. The van der Waals surface area contributed by atoms with E-state index in [2.05, 4.69) is 26.6 Å². The third-order valence-electron chi connectivity index (χ3n) is 4.75. The molecule has 2 N–H and O–H groups in total. The molecule has 0 atom stereocenters. The Balaban J connectivity index is 1.77. The van der Waals surface area contributed by atoms with Gasteiger partial charge in [0.05, 0.1) is 29.6 Å². The number of carbonyl (C=O) groups is 2. The number of anilines is 2. The minimum Gasteiger partial charge on any atom is -0.493 e. The lowest BCUT2D eigenvalue weighted by Crippen LogP contribution is -2.32. The molecular weight excluding hydrogens is 450 g/mol. The van der Waals surface area contributed by atoms with Gasteiger partial charge in [0.2, 0.25) is 0 Å². The molecular formula is C22H26BrN3O4. The highest BCUT2D eigenvalue weighted by molar-refractivity contribution is 9.10. The summed E-state index contributed by atoms with van der Waals surface area (Å²) in [5, 5.41) is 5.77. The molecule has 1 heterocycles. The van der Waals surface area contributed by atoms with E-state index in [1.165, 1.54) is 7.11 Å². The molecule has 1 fully saturated rings. The quantitative estimate of drug-likeness (QED) is 0.581. The number of amides is 3. The molecule has 3 amide bonds. The van der Waals surface area contributed by atoms with E-state index in [9.17, 15) is 9.59 Å². The maximum Gasteiger partial charge on any atom is 0.321 e. The number of urea groups is 1. The minimum atomic E-state index is -0.320. The molecule has 30 heavy (non-hydrogen) atoms. The lowest BCUT2D eigenvalue weighted by Gasteiger charge is -2.18. The van der Waals surface area contributed by atoms with Crippen molar-refractivity contribution in [1.82, 2.24) is 4.90 Å². The van der Waals surface area contributed by atoms with Gasteiger partial charge in [-0.1, -0.05) is 19.1 Å². The van der Waals surface area contributed by atoms with E-state index < -0.39 is 0 Å². The van der Waals surface area contributed by atoms with Crippen LogP contribution in [-0.2, 0) is 0 Å². The summed E-state index contributed by atoms with van der Waals surface area (Å²) in [5.74, 6) is 0.715. The van der Waals surface area contributed by atoms with Gasteiger partial charge in [-0.2, -0.15) is 0 Å². The first-order valence-corrected chi connectivity index (χ1v) is 10.8. The summed E-state index contributed by atoms with van der Waals surface area (Å²) < 4.78 is 11.8. The number of rotatable bonds is 7. The van der Waals surface area contributed by atoms with Crippen LogP contribution in [0.2, 0.25) is 0 Å². The van der Waals surface area contributed by atoms with Crippen LogP contribution in [0.3, 0.4) is 0 Å². The van der Waals surface area contributed by atoms with Crippen LogP contribution in [0.5, 0.6) is 11.5 Å². The van der Waals surface area contributed by atoms with Crippen LogP contribution in [0.25, 0.3) is 0 Å². The number of hydrogen-bond acceptors (Lipinski definition) is 4. The molecule has 2 aromatic carbocycles. The van der Waals surface area contributed by atoms with Crippen molar-refractivity contribution in [3.8, 4) is 11.5 Å². The summed E-state index contributed by atoms with van der Waals surface area (Å²) in [6.07, 6.45) is 2.89. The molecule has 0 aromatic heterocycles. The van der Waals surface area contributed by atoms with Gasteiger partial charge in [0.15, 0.2) is 11.5 Å². The highest BCUT2D eigenvalue weighted by atomic mass is 79.9. The summed E-state index contributed by atoms with van der Waals surface area (Å²) in [6.45, 7) is 4.06. The van der Waals surface area contributed by atoms with E-state index in [4.69, 9.17) is 9.47 Å². The molecule has 0 bridgehead atoms. The normalized spacial score (nSPS) is 13.1. The standard InChI is InChI=1S/C22H26BrN3O4/c1-3-12-30-20-16(23)13-15(14-19(20)29-2)21(27)24-17-8-4-5-9-18(17)25-22(28)26-10-6-7-11-26/h4-5,8-9,13-14H,3,6-7,10-12H2,1-2H3,(H,24,27)(H,25,28). The van der Waals surface area contributed by atoms with E-state index in [-0.39, 0.29) is 11.9 Å². The lowest BCUT2D eigenvalue weighted by atomic mass is 10.1. The maximum absolute atomic E-state index is 12.9. The van der Waals surface area contributed by atoms with E-state index in [0.29, 0.717) is 39.5 Å². The Morgan fingerprint density at radius 2 is 1.77 bits per heavy atom. The van der Waals surface area contributed by atoms with Gasteiger partial charge >= 0.3 is 6.03 Å². The maximum atomic E-state index is 12.9. The first-order chi connectivity index (χ1) is 14.5. The van der Waals surface area contributed by atoms with E-state index in [1.807, 2.05) is 13.0 Å². The number of hydrogen-bond donors (Lipinski definition) is 2. The van der Waals surface area contributed by atoms with Gasteiger partial charge < -0.3 is 25.0 Å². The van der Waals surface area contributed by atoms with Crippen molar-refractivity contribution >= 4 is 39.2 Å². The van der Waals surface area contributed by atoms with Gasteiger partial charge in [0, 0.05) is 18.7 Å². The molecule has 0 unspecified atom stereocenters. The number of ether oxygens (including phenoxy) is 2. The Hall–Kier alpha value is -2.74. The zero-order chi connectivity index (χ0) is 21.5. The monoisotopic (exact) mass is 475 g/mol.